The predicted octanol–water partition coefficient (Wildman–Crippen LogP) is 9.16. The summed E-state index contributed by atoms with van der Waals surface area (Å²) in [6, 6.07) is 51.8. The molecule has 0 aliphatic carbocycles. The van der Waals surface area contributed by atoms with Crippen LogP contribution in [0.1, 0.15) is 40.8 Å². The van der Waals surface area contributed by atoms with E-state index in [4.69, 9.17) is 9.47 Å². The van der Waals surface area contributed by atoms with Crippen LogP contribution in [0.25, 0.3) is 10.8 Å². The molecule has 6 aromatic carbocycles. The minimum absolute atomic E-state index is 0.173. The second-order valence-corrected chi connectivity index (χ2v) is 11.9. The summed E-state index contributed by atoms with van der Waals surface area (Å²) in [6.07, 6.45) is 0.116. The summed E-state index contributed by atoms with van der Waals surface area (Å²) in [7, 11) is 0. The molecule has 6 aromatic rings. The van der Waals surface area contributed by atoms with E-state index >= 15 is 0 Å². The zero-order chi connectivity index (χ0) is 31.6. The van der Waals surface area contributed by atoms with Gasteiger partial charge < -0.3 is 14.6 Å². The van der Waals surface area contributed by atoms with Gasteiger partial charge in [0.1, 0.15) is 24.7 Å². The Kier molecular flexibility index (Phi) is 10.4. The molecule has 1 N–H and O–H groups in total. The highest BCUT2D eigenvalue weighted by Crippen LogP contribution is 2.30. The van der Waals surface area contributed by atoms with Gasteiger partial charge in [-0.25, -0.2) is 0 Å². The molecule has 0 heterocycles. The molecular weight excluding hydrogens is 566 g/mol. The van der Waals surface area contributed by atoms with E-state index in [9.17, 15) is 5.11 Å². The van der Waals surface area contributed by atoms with Crippen molar-refractivity contribution in [2.75, 3.05) is 6.54 Å². The van der Waals surface area contributed by atoms with Gasteiger partial charge in [0.2, 0.25) is 0 Å². The lowest BCUT2D eigenvalue weighted by atomic mass is 9.98. The number of hydrogen-bond donors (Lipinski definition) is 1. The number of rotatable bonds is 14. The molecule has 0 amide bonds. The van der Waals surface area contributed by atoms with E-state index in [-0.39, 0.29) is 6.04 Å². The minimum atomic E-state index is -0.752. The SMILES string of the molecule is C[C@H](Cc1cccc2ccccc12)N(Cc1ccccc1)C[C@@H](O)c1cc(OCc2ccccc2)cc(OCc2ccccc2)c1. The van der Waals surface area contributed by atoms with Crippen LogP contribution in [0.4, 0.5) is 0 Å². The maximum atomic E-state index is 11.8. The van der Waals surface area contributed by atoms with E-state index in [2.05, 4.69) is 78.6 Å². The van der Waals surface area contributed by atoms with Gasteiger partial charge in [0, 0.05) is 25.2 Å². The normalized spacial score (nSPS) is 12.6. The molecule has 4 heteroatoms. The third kappa shape index (κ3) is 8.42. The Morgan fingerprint density at radius 1 is 0.587 bits per heavy atom. The van der Waals surface area contributed by atoms with E-state index in [1.807, 2.05) is 84.9 Å². The Bertz CT molecular complexity index is 1740. The van der Waals surface area contributed by atoms with Crippen molar-refractivity contribution >= 4 is 10.8 Å². The van der Waals surface area contributed by atoms with Crippen molar-refractivity contribution in [2.24, 2.45) is 0 Å². The molecule has 4 nitrogen and oxygen atoms in total. The Labute approximate surface area is 272 Å². The van der Waals surface area contributed by atoms with E-state index in [1.54, 1.807) is 0 Å². The van der Waals surface area contributed by atoms with Crippen molar-refractivity contribution in [3.8, 4) is 11.5 Å². The van der Waals surface area contributed by atoms with Gasteiger partial charge in [0.05, 0.1) is 6.10 Å². The fourth-order valence-corrected chi connectivity index (χ4v) is 5.90. The molecule has 0 radical (unpaired) electrons. The largest absolute Gasteiger partial charge is 0.489 e. The molecule has 0 aromatic heterocycles. The molecule has 6 rings (SSSR count). The Morgan fingerprint density at radius 2 is 1.11 bits per heavy atom. The van der Waals surface area contributed by atoms with Gasteiger partial charge in [-0.2, -0.15) is 0 Å². The summed E-state index contributed by atoms with van der Waals surface area (Å²) < 4.78 is 12.5. The van der Waals surface area contributed by atoms with Crippen LogP contribution in [0.3, 0.4) is 0 Å². The van der Waals surface area contributed by atoms with Crippen LogP contribution in [0.15, 0.2) is 152 Å². The van der Waals surface area contributed by atoms with Gasteiger partial charge in [0.15, 0.2) is 0 Å². The van der Waals surface area contributed by atoms with Crippen molar-refractivity contribution in [1.29, 1.82) is 0 Å². The quantitative estimate of drug-likeness (QED) is 0.134. The van der Waals surface area contributed by atoms with E-state index in [0.29, 0.717) is 31.3 Å². The highest BCUT2D eigenvalue weighted by Gasteiger charge is 2.22. The molecule has 0 saturated heterocycles. The summed E-state index contributed by atoms with van der Waals surface area (Å²) in [5.41, 5.74) is 5.45. The minimum Gasteiger partial charge on any atom is -0.489 e. The molecule has 46 heavy (non-hydrogen) atoms. The first-order valence-electron chi connectivity index (χ1n) is 16.0. The highest BCUT2D eigenvalue weighted by atomic mass is 16.5. The summed E-state index contributed by atoms with van der Waals surface area (Å²) in [5.74, 6) is 1.34. The van der Waals surface area contributed by atoms with Gasteiger partial charge in [-0.1, -0.05) is 133 Å². The molecule has 0 saturated carbocycles. The predicted molar refractivity (Wildman–Crippen MR) is 187 cm³/mol. The Morgan fingerprint density at radius 3 is 1.72 bits per heavy atom. The summed E-state index contributed by atoms with van der Waals surface area (Å²) in [4.78, 5) is 2.38. The fraction of sp³-hybridized carbons (Fsp3) is 0.190. The second kappa shape index (κ2) is 15.4. The van der Waals surface area contributed by atoms with Crippen LogP contribution in [0, 0.1) is 0 Å². The molecular formula is C42H41NO3. The van der Waals surface area contributed by atoms with Crippen LogP contribution in [-0.2, 0) is 26.2 Å². The smallest absolute Gasteiger partial charge is 0.123 e. The topological polar surface area (TPSA) is 41.9 Å². The first-order valence-corrected chi connectivity index (χ1v) is 16.0. The van der Waals surface area contributed by atoms with Gasteiger partial charge >= 0.3 is 0 Å². The molecule has 0 spiro atoms. The van der Waals surface area contributed by atoms with Crippen LogP contribution in [-0.4, -0.2) is 22.6 Å². The summed E-state index contributed by atoms with van der Waals surface area (Å²) >= 11 is 0. The van der Waals surface area contributed by atoms with Crippen LogP contribution >= 0.6 is 0 Å². The van der Waals surface area contributed by atoms with E-state index in [0.717, 1.165) is 29.7 Å². The maximum absolute atomic E-state index is 11.8. The molecule has 0 aliphatic rings. The lowest BCUT2D eigenvalue weighted by Crippen LogP contribution is -2.37. The van der Waals surface area contributed by atoms with Gasteiger partial charge in [-0.3, -0.25) is 4.90 Å². The van der Waals surface area contributed by atoms with Crippen molar-refractivity contribution in [3.05, 3.63) is 179 Å². The zero-order valence-electron chi connectivity index (χ0n) is 26.3. The van der Waals surface area contributed by atoms with Crippen LogP contribution in [0.5, 0.6) is 11.5 Å². The summed E-state index contributed by atoms with van der Waals surface area (Å²) in [5, 5.41) is 14.3. The summed E-state index contributed by atoms with van der Waals surface area (Å²) in [6.45, 7) is 4.30. The molecule has 0 aliphatic heterocycles. The van der Waals surface area contributed by atoms with Gasteiger partial charge in [0.25, 0.3) is 0 Å². The third-order valence-electron chi connectivity index (χ3n) is 8.44. The van der Waals surface area contributed by atoms with Crippen molar-refractivity contribution in [2.45, 2.75) is 45.2 Å². The zero-order valence-corrected chi connectivity index (χ0v) is 26.3. The average molecular weight is 608 g/mol. The highest BCUT2D eigenvalue weighted by molar-refractivity contribution is 5.85. The number of benzene rings is 6. The lowest BCUT2D eigenvalue weighted by molar-refractivity contribution is 0.0855. The molecule has 232 valence electrons. The van der Waals surface area contributed by atoms with Crippen LogP contribution < -0.4 is 9.47 Å². The Balaban J connectivity index is 1.25. The number of aliphatic hydroxyl groups is 1. The van der Waals surface area contributed by atoms with Gasteiger partial charge in [-0.05, 0) is 64.1 Å². The standard InChI is InChI=1S/C42H41NO3/c1-32(24-37-22-13-21-36-20-11-12-23-41(36)37)43(28-33-14-5-2-6-15-33)29-42(44)38-25-39(45-30-34-16-7-3-8-17-34)27-40(26-38)46-31-35-18-9-4-10-19-35/h2-23,25-27,32,42,44H,24,28-31H2,1H3/t32-,42-/m1/s1. The number of hydrogen-bond acceptors (Lipinski definition) is 4. The molecule has 0 bridgehead atoms. The first-order chi connectivity index (χ1) is 22.6. The first kappa shape index (κ1) is 31.1. The molecule has 0 fully saturated rings. The maximum Gasteiger partial charge on any atom is 0.123 e. The Hall–Kier alpha value is -4.90. The van der Waals surface area contributed by atoms with Crippen molar-refractivity contribution in [3.63, 3.8) is 0 Å². The number of nitrogens with zero attached hydrogens (tertiary/aromatic N) is 1. The average Bonchev–Trinajstić information content (AvgIpc) is 3.11. The number of fused-ring (bicyclic) bond motifs is 1. The fourth-order valence-electron chi connectivity index (χ4n) is 5.90. The number of ether oxygens (including phenoxy) is 2. The van der Waals surface area contributed by atoms with Gasteiger partial charge in [-0.15, -0.1) is 0 Å². The van der Waals surface area contributed by atoms with Crippen LogP contribution in [0.2, 0.25) is 0 Å². The van der Waals surface area contributed by atoms with Crippen molar-refractivity contribution < 1.29 is 14.6 Å². The second-order valence-electron chi connectivity index (χ2n) is 11.9. The lowest BCUT2D eigenvalue weighted by Gasteiger charge is -2.32. The number of aliphatic hydroxyl groups excluding tert-OH is 1. The van der Waals surface area contributed by atoms with Crippen molar-refractivity contribution in [1.82, 2.24) is 4.90 Å². The third-order valence-corrected chi connectivity index (χ3v) is 8.44. The molecule has 0 unspecified atom stereocenters. The monoisotopic (exact) mass is 607 g/mol. The van der Waals surface area contributed by atoms with E-state index < -0.39 is 6.10 Å². The van der Waals surface area contributed by atoms with E-state index in [1.165, 1.54) is 21.9 Å². The molecule has 2 atom stereocenters.